The van der Waals surface area contributed by atoms with Gasteiger partial charge in [-0.2, -0.15) is 0 Å². The van der Waals surface area contributed by atoms with Crippen molar-refractivity contribution in [2.45, 2.75) is 18.7 Å². The minimum absolute atomic E-state index is 0.0122. The lowest BCUT2D eigenvalue weighted by Gasteiger charge is -2.26. The van der Waals surface area contributed by atoms with Crippen LogP contribution in [-0.4, -0.2) is 32.9 Å². The highest BCUT2D eigenvalue weighted by Gasteiger charge is 2.31. The number of hydrogen-bond acceptors (Lipinski definition) is 6. The molecule has 0 saturated heterocycles. The second-order valence-electron chi connectivity index (χ2n) is 7.40. The molecular formula is C23H22ClN3O6S. The maximum absolute atomic E-state index is 13.7. The molecule has 0 fully saturated rings. The number of amides is 1. The summed E-state index contributed by atoms with van der Waals surface area (Å²) in [6.07, 6.45) is 0. The number of nitrogens with one attached hydrogen (secondary N) is 1. The summed E-state index contributed by atoms with van der Waals surface area (Å²) in [7, 11) is -3.10. The number of benzene rings is 3. The van der Waals surface area contributed by atoms with Crippen molar-refractivity contribution < 1.29 is 22.9 Å². The summed E-state index contributed by atoms with van der Waals surface area (Å²) in [5.41, 5.74) is 1.27. The summed E-state index contributed by atoms with van der Waals surface area (Å²) in [6, 6.07) is 14.9. The Morgan fingerprint density at radius 2 is 1.79 bits per heavy atom. The fourth-order valence-corrected chi connectivity index (χ4v) is 4.87. The van der Waals surface area contributed by atoms with E-state index in [9.17, 15) is 23.3 Å². The molecule has 9 nitrogen and oxygen atoms in total. The van der Waals surface area contributed by atoms with Crippen LogP contribution in [0.3, 0.4) is 0 Å². The van der Waals surface area contributed by atoms with E-state index in [2.05, 4.69) is 5.32 Å². The summed E-state index contributed by atoms with van der Waals surface area (Å²) in [6.45, 7) is 2.67. The third-order valence-corrected chi connectivity index (χ3v) is 7.07. The molecule has 0 radical (unpaired) electrons. The van der Waals surface area contributed by atoms with Gasteiger partial charge in [0.2, 0.25) is 5.91 Å². The molecule has 34 heavy (non-hydrogen) atoms. The molecular weight excluding hydrogens is 482 g/mol. The highest BCUT2D eigenvalue weighted by atomic mass is 35.5. The van der Waals surface area contributed by atoms with Crippen molar-refractivity contribution >= 4 is 44.6 Å². The molecule has 0 unspecified atom stereocenters. The first kappa shape index (κ1) is 25.0. The molecule has 0 aromatic heterocycles. The van der Waals surface area contributed by atoms with Gasteiger partial charge in [-0.25, -0.2) is 8.42 Å². The molecule has 1 amide bonds. The molecule has 11 heteroatoms. The number of carbonyl (C=O) groups excluding carboxylic acids is 1. The number of para-hydroxylation sites is 1. The van der Waals surface area contributed by atoms with Crippen molar-refractivity contribution in [1.29, 1.82) is 0 Å². The largest absolute Gasteiger partial charge is 0.495 e. The highest BCUT2D eigenvalue weighted by molar-refractivity contribution is 7.92. The summed E-state index contributed by atoms with van der Waals surface area (Å²) in [4.78, 5) is 23.3. The summed E-state index contributed by atoms with van der Waals surface area (Å²) < 4.78 is 33.5. The summed E-state index contributed by atoms with van der Waals surface area (Å²) in [5, 5.41) is 14.3. The zero-order chi connectivity index (χ0) is 25.0. The van der Waals surface area contributed by atoms with Crippen LogP contribution in [0.15, 0.2) is 65.6 Å². The molecule has 0 aliphatic carbocycles. The Morgan fingerprint density at radius 3 is 2.44 bits per heavy atom. The molecule has 178 valence electrons. The first-order valence-electron chi connectivity index (χ1n) is 10.0. The van der Waals surface area contributed by atoms with E-state index < -0.39 is 27.4 Å². The van der Waals surface area contributed by atoms with Crippen LogP contribution in [0, 0.1) is 24.0 Å². The van der Waals surface area contributed by atoms with E-state index >= 15 is 0 Å². The van der Waals surface area contributed by atoms with Crippen molar-refractivity contribution in [2.75, 3.05) is 23.3 Å². The zero-order valence-electron chi connectivity index (χ0n) is 18.6. The number of sulfonamides is 1. The van der Waals surface area contributed by atoms with E-state index in [1.807, 2.05) is 6.07 Å². The number of methoxy groups -OCH3 is 1. The molecule has 0 atom stereocenters. The minimum Gasteiger partial charge on any atom is -0.495 e. The summed E-state index contributed by atoms with van der Waals surface area (Å²) >= 11 is 6.12. The van der Waals surface area contributed by atoms with Gasteiger partial charge in [0, 0.05) is 22.3 Å². The minimum atomic E-state index is -4.44. The number of nitrogens with zero attached hydrogens (tertiary/aromatic N) is 2. The Bertz CT molecular complexity index is 1360. The smallest absolute Gasteiger partial charge is 0.273 e. The number of nitro groups is 1. The number of aryl methyl sites for hydroxylation is 2. The predicted octanol–water partition coefficient (Wildman–Crippen LogP) is 4.71. The van der Waals surface area contributed by atoms with Gasteiger partial charge < -0.3 is 10.1 Å². The van der Waals surface area contributed by atoms with E-state index in [-0.39, 0.29) is 27.0 Å². The van der Waals surface area contributed by atoms with Crippen LogP contribution in [0.4, 0.5) is 17.1 Å². The van der Waals surface area contributed by atoms with Gasteiger partial charge in [0.1, 0.15) is 12.3 Å². The quantitative estimate of drug-likeness (QED) is 0.351. The number of hydrogen-bond donors (Lipinski definition) is 1. The van der Waals surface area contributed by atoms with Crippen molar-refractivity contribution in [3.63, 3.8) is 0 Å². The maximum Gasteiger partial charge on any atom is 0.273 e. The molecule has 0 heterocycles. The van der Waals surface area contributed by atoms with Gasteiger partial charge in [-0.3, -0.25) is 19.2 Å². The van der Waals surface area contributed by atoms with Crippen LogP contribution >= 0.6 is 11.6 Å². The third-order valence-electron chi connectivity index (χ3n) is 5.08. The number of ether oxygens (including phenoxy) is 1. The normalized spacial score (nSPS) is 11.1. The molecule has 3 rings (SSSR count). The molecule has 0 aliphatic heterocycles. The Balaban J connectivity index is 2.11. The molecule has 0 spiro atoms. The second kappa shape index (κ2) is 10.1. The Kier molecular flexibility index (Phi) is 7.43. The van der Waals surface area contributed by atoms with Gasteiger partial charge in [-0.15, -0.1) is 0 Å². The van der Waals surface area contributed by atoms with Gasteiger partial charge in [0.25, 0.3) is 15.7 Å². The third kappa shape index (κ3) is 5.29. The second-order valence-corrected chi connectivity index (χ2v) is 9.70. The average molecular weight is 504 g/mol. The number of rotatable bonds is 8. The highest BCUT2D eigenvalue weighted by Crippen LogP contribution is 2.35. The summed E-state index contributed by atoms with van der Waals surface area (Å²) in [5.74, 6) is -0.472. The maximum atomic E-state index is 13.7. The Labute approximate surface area is 202 Å². The standard InChI is InChI=1S/C23H22ClN3O6S/c1-15-6-4-5-7-19(15)25-23(28)14-26(21-12-17(24)9-11-22(21)33-3)34(31,32)18-10-8-16(2)20(13-18)27(29)30/h4-13H,14H2,1-3H3,(H,25,28). The number of halogens is 1. The van der Waals surface area contributed by atoms with Crippen LogP contribution in [0.5, 0.6) is 5.75 Å². The van der Waals surface area contributed by atoms with Gasteiger partial charge in [-0.1, -0.05) is 35.9 Å². The fraction of sp³-hybridized carbons (Fsp3) is 0.174. The van der Waals surface area contributed by atoms with Crippen molar-refractivity contribution in [1.82, 2.24) is 0 Å². The SMILES string of the molecule is COc1ccc(Cl)cc1N(CC(=O)Nc1ccccc1C)S(=O)(=O)c1ccc(C)c([N+](=O)[O-])c1. The Morgan fingerprint density at radius 1 is 1.09 bits per heavy atom. The van der Waals surface area contributed by atoms with Crippen molar-refractivity contribution in [3.8, 4) is 5.75 Å². The van der Waals surface area contributed by atoms with E-state index in [0.717, 1.165) is 15.9 Å². The monoisotopic (exact) mass is 503 g/mol. The number of nitro benzene ring substituents is 1. The molecule has 0 saturated carbocycles. The first-order valence-corrected chi connectivity index (χ1v) is 11.8. The van der Waals surface area contributed by atoms with Gasteiger partial charge in [-0.05, 0) is 49.7 Å². The van der Waals surface area contributed by atoms with E-state index in [4.69, 9.17) is 16.3 Å². The lowest BCUT2D eigenvalue weighted by molar-refractivity contribution is -0.385. The van der Waals surface area contributed by atoms with Gasteiger partial charge >= 0.3 is 0 Å². The lowest BCUT2D eigenvalue weighted by Crippen LogP contribution is -2.38. The first-order chi connectivity index (χ1) is 16.0. The van der Waals surface area contributed by atoms with Gasteiger partial charge in [0.05, 0.1) is 22.6 Å². The molecule has 1 N–H and O–H groups in total. The molecule has 3 aromatic carbocycles. The molecule has 0 aliphatic rings. The van der Waals surface area contributed by atoms with E-state index in [1.54, 1.807) is 25.1 Å². The number of carbonyl (C=O) groups is 1. The predicted molar refractivity (Wildman–Crippen MR) is 130 cm³/mol. The topological polar surface area (TPSA) is 119 Å². The van der Waals surface area contributed by atoms with Crippen LogP contribution in [0.25, 0.3) is 0 Å². The zero-order valence-corrected chi connectivity index (χ0v) is 20.2. The fourth-order valence-electron chi connectivity index (χ4n) is 3.26. The van der Waals surface area contributed by atoms with Crippen LogP contribution < -0.4 is 14.4 Å². The lowest BCUT2D eigenvalue weighted by atomic mass is 10.2. The number of anilines is 2. The van der Waals surface area contributed by atoms with Crippen molar-refractivity contribution in [2.24, 2.45) is 0 Å². The van der Waals surface area contributed by atoms with Crippen LogP contribution in [-0.2, 0) is 14.8 Å². The van der Waals surface area contributed by atoms with E-state index in [0.29, 0.717) is 11.3 Å². The van der Waals surface area contributed by atoms with Crippen molar-refractivity contribution in [3.05, 3.63) is 86.9 Å². The Hall–Kier alpha value is -3.63. The molecule has 0 bridgehead atoms. The molecule has 3 aromatic rings. The average Bonchev–Trinajstić information content (AvgIpc) is 2.79. The van der Waals surface area contributed by atoms with E-state index in [1.165, 1.54) is 44.4 Å². The van der Waals surface area contributed by atoms with Gasteiger partial charge in [0.15, 0.2) is 0 Å². The van der Waals surface area contributed by atoms with Crippen LogP contribution in [0.2, 0.25) is 5.02 Å². The van der Waals surface area contributed by atoms with Crippen LogP contribution in [0.1, 0.15) is 11.1 Å².